The van der Waals surface area contributed by atoms with Crippen molar-refractivity contribution in [1.82, 2.24) is 15.5 Å². The second-order valence-electron chi connectivity index (χ2n) is 5.09. The van der Waals surface area contributed by atoms with Crippen molar-refractivity contribution in [1.29, 1.82) is 0 Å². The van der Waals surface area contributed by atoms with Gasteiger partial charge in [-0.1, -0.05) is 35.5 Å². The number of β-amino-alcohol motifs (C(OH)–C–C–N with tert-alkyl or cyclic N) is 1. The predicted molar refractivity (Wildman–Crippen MR) is 75.6 cm³/mol. The van der Waals surface area contributed by atoms with Crippen molar-refractivity contribution in [3.8, 4) is 0 Å². The molecule has 112 valence electrons. The number of ether oxygens (including phenoxy) is 1. The Hall–Kier alpha value is -1.76. The highest BCUT2D eigenvalue weighted by Crippen LogP contribution is 2.27. The molecule has 1 aliphatic rings. The van der Waals surface area contributed by atoms with Crippen molar-refractivity contribution in [3.05, 3.63) is 47.6 Å². The fourth-order valence-electron chi connectivity index (χ4n) is 2.51. The van der Waals surface area contributed by atoms with Crippen molar-refractivity contribution < 1.29 is 14.4 Å². The van der Waals surface area contributed by atoms with E-state index in [1.165, 1.54) is 0 Å². The summed E-state index contributed by atoms with van der Waals surface area (Å²) in [6, 6.07) is 9.74. The van der Waals surface area contributed by atoms with Gasteiger partial charge in [0.05, 0.1) is 12.1 Å². The van der Waals surface area contributed by atoms with Crippen molar-refractivity contribution in [3.63, 3.8) is 0 Å². The summed E-state index contributed by atoms with van der Waals surface area (Å²) in [7, 11) is 0. The van der Waals surface area contributed by atoms with E-state index < -0.39 is 0 Å². The highest BCUT2D eigenvalue weighted by molar-refractivity contribution is 5.22. The molecule has 2 aromatic rings. The van der Waals surface area contributed by atoms with Crippen LogP contribution < -0.4 is 5.32 Å². The average molecular weight is 289 g/mol. The number of nitrogens with zero attached hydrogens (tertiary/aromatic N) is 2. The third kappa shape index (κ3) is 3.12. The normalized spacial score (nSPS) is 23.3. The predicted octanol–water partition coefficient (Wildman–Crippen LogP) is 1.59. The summed E-state index contributed by atoms with van der Waals surface area (Å²) < 4.78 is 11.1. The third-order valence-corrected chi connectivity index (χ3v) is 3.53. The molecule has 3 rings (SSSR count). The van der Waals surface area contributed by atoms with Crippen LogP contribution in [-0.2, 0) is 4.74 Å². The lowest BCUT2D eigenvalue weighted by atomic mass is 10.1. The maximum Gasteiger partial charge on any atom is 0.243 e. The number of rotatable bonds is 5. The number of benzene rings is 1. The van der Waals surface area contributed by atoms with Crippen LogP contribution in [0.5, 0.6) is 0 Å². The first kappa shape index (κ1) is 14.2. The molecule has 0 bridgehead atoms. The molecule has 0 aliphatic carbocycles. The second kappa shape index (κ2) is 6.34. The van der Waals surface area contributed by atoms with Crippen LogP contribution in [0.15, 0.2) is 34.9 Å². The van der Waals surface area contributed by atoms with Crippen LogP contribution >= 0.6 is 0 Å². The number of hydrogen-bond donors (Lipinski definition) is 2. The van der Waals surface area contributed by atoms with Crippen LogP contribution in [-0.4, -0.2) is 34.5 Å². The van der Waals surface area contributed by atoms with E-state index in [0.717, 1.165) is 5.56 Å². The van der Waals surface area contributed by atoms with E-state index in [1.807, 2.05) is 37.3 Å². The van der Waals surface area contributed by atoms with E-state index in [0.29, 0.717) is 31.3 Å². The maximum absolute atomic E-state index is 9.56. The SMILES string of the molecule is CCOC(c1ccccc1)c1noc([C@@H]2C[C@H](O)CN2)n1. The lowest BCUT2D eigenvalue weighted by Crippen LogP contribution is -2.15. The Labute approximate surface area is 123 Å². The first-order valence-corrected chi connectivity index (χ1v) is 7.19. The molecule has 0 spiro atoms. The Bertz CT molecular complexity index is 573. The van der Waals surface area contributed by atoms with Gasteiger partial charge in [-0.25, -0.2) is 0 Å². The van der Waals surface area contributed by atoms with Gasteiger partial charge in [0.15, 0.2) is 0 Å². The lowest BCUT2D eigenvalue weighted by molar-refractivity contribution is 0.0833. The number of nitrogens with one attached hydrogen (secondary N) is 1. The summed E-state index contributed by atoms with van der Waals surface area (Å²) in [6.07, 6.45) is -0.103. The maximum atomic E-state index is 9.56. The zero-order valence-corrected chi connectivity index (χ0v) is 11.9. The number of aliphatic hydroxyl groups is 1. The standard InChI is InChI=1S/C15H19N3O3/c1-2-20-13(10-6-4-3-5-7-10)14-17-15(21-18-14)12-8-11(19)9-16-12/h3-7,11-13,16,19H,2,8-9H2,1H3/t11-,12-,13?/m0/s1. The molecule has 1 aromatic carbocycles. The highest BCUT2D eigenvalue weighted by atomic mass is 16.5. The Balaban J connectivity index is 1.82. The van der Waals surface area contributed by atoms with Crippen LogP contribution in [0, 0.1) is 0 Å². The van der Waals surface area contributed by atoms with Crippen molar-refractivity contribution in [2.45, 2.75) is 31.6 Å². The van der Waals surface area contributed by atoms with Gasteiger partial charge in [0, 0.05) is 13.2 Å². The van der Waals surface area contributed by atoms with Gasteiger partial charge in [0.1, 0.15) is 6.10 Å². The molecule has 2 heterocycles. The molecule has 1 aliphatic heterocycles. The molecule has 1 saturated heterocycles. The largest absolute Gasteiger partial charge is 0.392 e. The molecule has 1 unspecified atom stereocenters. The topological polar surface area (TPSA) is 80.4 Å². The van der Waals surface area contributed by atoms with Gasteiger partial charge in [0.25, 0.3) is 0 Å². The first-order valence-electron chi connectivity index (χ1n) is 7.19. The second-order valence-corrected chi connectivity index (χ2v) is 5.09. The molecule has 1 aromatic heterocycles. The Morgan fingerprint density at radius 3 is 2.90 bits per heavy atom. The van der Waals surface area contributed by atoms with Crippen molar-refractivity contribution in [2.24, 2.45) is 0 Å². The minimum absolute atomic E-state index is 0.0840. The van der Waals surface area contributed by atoms with E-state index in [2.05, 4.69) is 15.5 Å². The molecular formula is C15H19N3O3. The summed E-state index contributed by atoms with van der Waals surface area (Å²) in [6.45, 7) is 3.05. The van der Waals surface area contributed by atoms with E-state index in [1.54, 1.807) is 0 Å². The fourth-order valence-corrected chi connectivity index (χ4v) is 2.51. The summed E-state index contributed by atoms with van der Waals surface area (Å²) in [5.41, 5.74) is 0.992. The van der Waals surface area contributed by atoms with E-state index in [4.69, 9.17) is 9.26 Å². The van der Waals surface area contributed by atoms with E-state index in [-0.39, 0.29) is 18.2 Å². The summed E-state index contributed by atoms with van der Waals surface area (Å²) in [5.74, 6) is 1.02. The molecule has 0 radical (unpaired) electrons. The quantitative estimate of drug-likeness (QED) is 0.870. The monoisotopic (exact) mass is 289 g/mol. The minimum Gasteiger partial charge on any atom is -0.392 e. The molecule has 1 fully saturated rings. The Kier molecular flexibility index (Phi) is 4.28. The molecule has 6 heteroatoms. The van der Waals surface area contributed by atoms with Gasteiger partial charge >= 0.3 is 0 Å². The Morgan fingerprint density at radius 2 is 2.24 bits per heavy atom. The van der Waals surface area contributed by atoms with Gasteiger partial charge < -0.3 is 19.7 Å². The molecule has 6 nitrogen and oxygen atoms in total. The van der Waals surface area contributed by atoms with Crippen LogP contribution in [0.3, 0.4) is 0 Å². The van der Waals surface area contributed by atoms with Gasteiger partial charge in [-0.15, -0.1) is 0 Å². The summed E-state index contributed by atoms with van der Waals surface area (Å²) in [4.78, 5) is 4.45. The minimum atomic E-state index is -0.359. The van der Waals surface area contributed by atoms with Crippen LogP contribution in [0.4, 0.5) is 0 Å². The van der Waals surface area contributed by atoms with Gasteiger partial charge in [-0.05, 0) is 18.9 Å². The Morgan fingerprint density at radius 1 is 1.43 bits per heavy atom. The number of aliphatic hydroxyl groups excluding tert-OH is 1. The number of aromatic nitrogens is 2. The van der Waals surface area contributed by atoms with Crippen LogP contribution in [0.1, 0.15) is 42.8 Å². The van der Waals surface area contributed by atoms with Crippen LogP contribution in [0.25, 0.3) is 0 Å². The van der Waals surface area contributed by atoms with Crippen molar-refractivity contribution >= 4 is 0 Å². The van der Waals surface area contributed by atoms with Gasteiger partial charge in [-0.2, -0.15) is 4.98 Å². The zero-order chi connectivity index (χ0) is 14.7. The molecule has 2 N–H and O–H groups in total. The molecular weight excluding hydrogens is 270 g/mol. The van der Waals surface area contributed by atoms with Crippen LogP contribution in [0.2, 0.25) is 0 Å². The highest BCUT2D eigenvalue weighted by Gasteiger charge is 2.29. The lowest BCUT2D eigenvalue weighted by Gasteiger charge is -2.13. The molecule has 21 heavy (non-hydrogen) atoms. The summed E-state index contributed by atoms with van der Waals surface area (Å²) >= 11 is 0. The molecule has 0 saturated carbocycles. The van der Waals surface area contributed by atoms with E-state index >= 15 is 0 Å². The van der Waals surface area contributed by atoms with Gasteiger partial charge in [-0.3, -0.25) is 0 Å². The zero-order valence-electron chi connectivity index (χ0n) is 11.9. The fraction of sp³-hybridized carbons (Fsp3) is 0.467. The smallest absolute Gasteiger partial charge is 0.243 e. The average Bonchev–Trinajstić information content (AvgIpc) is 3.14. The van der Waals surface area contributed by atoms with Crippen molar-refractivity contribution in [2.75, 3.05) is 13.2 Å². The summed E-state index contributed by atoms with van der Waals surface area (Å²) in [5, 5.41) is 16.8. The molecule has 3 atom stereocenters. The van der Waals surface area contributed by atoms with Gasteiger partial charge in [0.2, 0.25) is 11.7 Å². The number of hydrogen-bond acceptors (Lipinski definition) is 6. The van der Waals surface area contributed by atoms with E-state index in [9.17, 15) is 5.11 Å². The molecule has 0 amide bonds. The first-order chi connectivity index (χ1) is 10.3. The third-order valence-electron chi connectivity index (χ3n) is 3.53.